The minimum Gasteiger partial charge on any atom is -0.780 e. The number of aromatic nitrogens is 1. The Hall–Kier alpha value is -2.20. The first kappa shape index (κ1) is 25.1. The van der Waals surface area contributed by atoms with E-state index in [9.17, 15) is 14.4 Å². The van der Waals surface area contributed by atoms with Gasteiger partial charge in [-0.2, -0.15) is 0 Å². The van der Waals surface area contributed by atoms with Crippen molar-refractivity contribution in [1.29, 1.82) is 0 Å². The molecule has 0 saturated heterocycles. The number of phosphoric ester groups is 1. The van der Waals surface area contributed by atoms with E-state index < -0.39 is 7.82 Å². The van der Waals surface area contributed by atoms with Crippen LogP contribution in [-0.2, 0) is 4.57 Å². The van der Waals surface area contributed by atoms with Crippen molar-refractivity contribution in [3.63, 3.8) is 0 Å². The predicted octanol–water partition coefficient (Wildman–Crippen LogP) is -0.745. The number of phosphoric acid groups is 1. The molecule has 10 nitrogen and oxygen atoms in total. The molecule has 3 aromatic rings. The Labute approximate surface area is 200 Å². The first-order chi connectivity index (χ1) is 14.3. The Morgan fingerprint density at radius 3 is 1.94 bits per heavy atom. The molecule has 0 atom stereocenters. The quantitative estimate of drug-likeness (QED) is 0.314. The number of hydrogen-bond acceptors (Lipinski definition) is 10. The summed E-state index contributed by atoms with van der Waals surface area (Å²) in [4.78, 5) is 22.2. The maximum atomic E-state index is 11.1. The van der Waals surface area contributed by atoms with Gasteiger partial charge in [-0.05, 0) is 35.9 Å². The van der Waals surface area contributed by atoms with Gasteiger partial charge < -0.3 is 42.3 Å². The molecule has 0 spiro atoms. The van der Waals surface area contributed by atoms with Crippen LogP contribution in [0.2, 0.25) is 0 Å². The topological polar surface area (TPSA) is 135 Å². The van der Waals surface area contributed by atoms with Crippen LogP contribution < -0.4 is 62.8 Å². The normalized spacial score (nSPS) is 10.8. The summed E-state index contributed by atoms with van der Waals surface area (Å²) in [5.41, 5.74) is 1.98. The Balaban J connectivity index is 0.00000341. The number of methoxy groups -OCH3 is 4. The molecule has 0 radical (unpaired) electrons. The van der Waals surface area contributed by atoms with Crippen LogP contribution >= 0.6 is 7.82 Å². The maximum absolute atomic E-state index is 11.1. The van der Waals surface area contributed by atoms with Gasteiger partial charge in [-0.15, -0.1) is 0 Å². The van der Waals surface area contributed by atoms with Crippen LogP contribution in [0.3, 0.4) is 0 Å². The summed E-state index contributed by atoms with van der Waals surface area (Å²) >= 11 is 0. The fourth-order valence-electron chi connectivity index (χ4n) is 2.90. The van der Waals surface area contributed by atoms with Gasteiger partial charge in [0, 0.05) is 11.1 Å². The predicted molar refractivity (Wildman–Crippen MR) is 102 cm³/mol. The molecular formula is C19H18NNaO9P-. The van der Waals surface area contributed by atoms with E-state index in [1.165, 1.54) is 46.8 Å². The molecule has 0 aliphatic rings. The van der Waals surface area contributed by atoms with Crippen LogP contribution in [0.5, 0.6) is 28.7 Å². The van der Waals surface area contributed by atoms with E-state index in [2.05, 4.69) is 9.68 Å². The van der Waals surface area contributed by atoms with Crippen LogP contribution in [0.4, 0.5) is 0 Å². The van der Waals surface area contributed by atoms with Crippen molar-refractivity contribution in [3.8, 4) is 51.1 Å². The monoisotopic (exact) mass is 458 g/mol. The van der Waals surface area contributed by atoms with Gasteiger partial charge in [0.1, 0.15) is 19.8 Å². The molecule has 0 unspecified atom stereocenters. The first-order valence-electron chi connectivity index (χ1n) is 8.46. The van der Waals surface area contributed by atoms with Crippen LogP contribution in [0, 0.1) is 0 Å². The van der Waals surface area contributed by atoms with Crippen molar-refractivity contribution in [1.82, 2.24) is 5.16 Å². The van der Waals surface area contributed by atoms with E-state index >= 15 is 0 Å². The van der Waals surface area contributed by atoms with Gasteiger partial charge in [0.05, 0.1) is 28.4 Å². The Kier molecular flexibility index (Phi) is 8.41. The fourth-order valence-corrected chi connectivity index (χ4v) is 3.29. The van der Waals surface area contributed by atoms with Crippen LogP contribution in [0.1, 0.15) is 0 Å². The van der Waals surface area contributed by atoms with E-state index in [1.54, 1.807) is 18.2 Å². The average Bonchev–Trinajstić information content (AvgIpc) is 3.21. The molecule has 1 heterocycles. The van der Waals surface area contributed by atoms with Crippen molar-refractivity contribution in [3.05, 3.63) is 36.6 Å². The van der Waals surface area contributed by atoms with Crippen molar-refractivity contribution in [2.45, 2.75) is 0 Å². The Morgan fingerprint density at radius 2 is 1.42 bits per heavy atom. The third-order valence-electron chi connectivity index (χ3n) is 4.19. The van der Waals surface area contributed by atoms with Crippen molar-refractivity contribution in [2.24, 2.45) is 0 Å². The number of rotatable bonds is 8. The second-order valence-electron chi connectivity index (χ2n) is 5.89. The van der Waals surface area contributed by atoms with Crippen LogP contribution in [-0.4, -0.2) is 33.6 Å². The SMILES string of the molecule is COc1ccc(-c2nocc2-c2cc(OC)c(OC)c(OC)c2)cc1OP(=O)([O-])[O-].[Na+]. The van der Waals surface area contributed by atoms with E-state index in [-0.39, 0.29) is 41.1 Å². The van der Waals surface area contributed by atoms with Gasteiger partial charge in [-0.1, -0.05) is 5.16 Å². The second kappa shape index (κ2) is 10.4. The van der Waals surface area contributed by atoms with Gasteiger partial charge in [0.15, 0.2) is 23.0 Å². The van der Waals surface area contributed by atoms with Crippen molar-refractivity contribution in [2.75, 3.05) is 28.4 Å². The Morgan fingerprint density at radius 1 is 0.839 bits per heavy atom. The minimum absolute atomic E-state index is 0. The summed E-state index contributed by atoms with van der Waals surface area (Å²) in [6, 6.07) is 7.81. The zero-order chi connectivity index (χ0) is 21.9. The van der Waals surface area contributed by atoms with E-state index in [1.807, 2.05) is 0 Å². The Bertz CT molecular complexity index is 1070. The molecular weight excluding hydrogens is 440 g/mol. The second-order valence-corrected chi connectivity index (χ2v) is 6.97. The van der Waals surface area contributed by atoms with Gasteiger partial charge in [-0.3, -0.25) is 0 Å². The van der Waals surface area contributed by atoms with Gasteiger partial charge >= 0.3 is 29.6 Å². The molecule has 3 rings (SSSR count). The molecule has 160 valence electrons. The van der Waals surface area contributed by atoms with E-state index in [0.717, 1.165) is 0 Å². The largest absolute Gasteiger partial charge is 1.00 e. The third kappa shape index (κ3) is 5.54. The van der Waals surface area contributed by atoms with Gasteiger partial charge in [-0.25, -0.2) is 0 Å². The summed E-state index contributed by atoms with van der Waals surface area (Å²) in [6.45, 7) is 0. The molecule has 0 bridgehead atoms. The summed E-state index contributed by atoms with van der Waals surface area (Å²) in [6.07, 6.45) is 1.41. The first-order valence-corrected chi connectivity index (χ1v) is 9.92. The minimum atomic E-state index is -5.30. The average molecular weight is 458 g/mol. The fraction of sp³-hybridized carbons (Fsp3) is 0.211. The van der Waals surface area contributed by atoms with E-state index in [4.69, 9.17) is 23.5 Å². The maximum Gasteiger partial charge on any atom is 1.00 e. The molecule has 0 N–H and O–H groups in total. The molecule has 31 heavy (non-hydrogen) atoms. The molecule has 0 amide bonds. The number of nitrogens with zero attached hydrogens (tertiary/aromatic N) is 1. The van der Waals surface area contributed by atoms with Crippen molar-refractivity contribution < 1.29 is 71.9 Å². The summed E-state index contributed by atoms with van der Waals surface area (Å²) in [7, 11) is 0.504. The van der Waals surface area contributed by atoms with Crippen LogP contribution in [0.25, 0.3) is 22.4 Å². The summed E-state index contributed by atoms with van der Waals surface area (Å²) < 4.78 is 41.9. The molecule has 0 aliphatic heterocycles. The summed E-state index contributed by atoms with van der Waals surface area (Å²) in [5, 5.41) is 4.00. The number of benzene rings is 2. The standard InChI is InChI=1S/C19H20NO9P.Na/c1-24-14-6-5-11(7-15(14)29-30(21,22)23)18-13(10-28-20-18)12-8-16(25-2)19(27-4)17(9-12)26-3;/h5-10H,1-4H3,(H2,21,22,23);/q;+1/p-2. The van der Waals surface area contributed by atoms with Crippen LogP contribution in [0.15, 0.2) is 41.1 Å². The number of ether oxygens (including phenoxy) is 4. The molecule has 0 aliphatic carbocycles. The van der Waals surface area contributed by atoms with Crippen molar-refractivity contribution >= 4 is 7.82 Å². The zero-order valence-corrected chi connectivity index (χ0v) is 20.4. The van der Waals surface area contributed by atoms with Gasteiger partial charge in [0.2, 0.25) is 5.75 Å². The molecule has 2 aromatic carbocycles. The zero-order valence-electron chi connectivity index (χ0n) is 17.5. The molecule has 0 saturated carbocycles. The van der Waals surface area contributed by atoms with E-state index in [0.29, 0.717) is 39.6 Å². The molecule has 12 heteroatoms. The number of hydrogen-bond donors (Lipinski definition) is 0. The smallest absolute Gasteiger partial charge is 0.780 e. The molecule has 1 aromatic heterocycles. The third-order valence-corrected chi connectivity index (χ3v) is 4.61. The summed E-state index contributed by atoms with van der Waals surface area (Å²) in [5.74, 6) is 1.09. The molecule has 0 fully saturated rings. The van der Waals surface area contributed by atoms with Gasteiger partial charge in [0.25, 0.3) is 0 Å².